The number of hydrogen-bond donors (Lipinski definition) is 2. The van der Waals surface area contributed by atoms with E-state index in [-0.39, 0.29) is 0 Å². The summed E-state index contributed by atoms with van der Waals surface area (Å²) in [5, 5.41) is 10.8. The van der Waals surface area contributed by atoms with Crippen molar-refractivity contribution in [1.82, 2.24) is 15.5 Å². The van der Waals surface area contributed by atoms with E-state index in [0.29, 0.717) is 11.8 Å². The van der Waals surface area contributed by atoms with Crippen molar-refractivity contribution < 1.29 is 0 Å². The Morgan fingerprint density at radius 3 is 2.92 bits per heavy atom. The number of rotatable bonds is 2. The standard InChI is InChI=1S/C10H17N3/c1-7(2)9-5-10(13-12-9)8-3-4-11-6-8/h5,7-8,11H,3-4,6H2,1-2H3,(H,12,13). The molecule has 2 rings (SSSR count). The van der Waals surface area contributed by atoms with Crippen LogP contribution in [0.2, 0.25) is 0 Å². The summed E-state index contributed by atoms with van der Waals surface area (Å²) in [5.41, 5.74) is 2.48. The van der Waals surface area contributed by atoms with Crippen molar-refractivity contribution in [2.24, 2.45) is 0 Å². The third-order valence-electron chi connectivity index (χ3n) is 2.71. The lowest BCUT2D eigenvalue weighted by atomic mass is 10.0. The minimum absolute atomic E-state index is 0.527. The van der Waals surface area contributed by atoms with Gasteiger partial charge in [0.1, 0.15) is 0 Å². The Kier molecular flexibility index (Phi) is 2.36. The highest BCUT2D eigenvalue weighted by Gasteiger charge is 2.18. The molecule has 0 saturated carbocycles. The van der Waals surface area contributed by atoms with E-state index in [1.54, 1.807) is 0 Å². The number of H-pyrrole nitrogens is 1. The van der Waals surface area contributed by atoms with Gasteiger partial charge >= 0.3 is 0 Å². The summed E-state index contributed by atoms with van der Waals surface area (Å²) in [7, 11) is 0. The lowest BCUT2D eigenvalue weighted by molar-refractivity contribution is 0.727. The van der Waals surface area contributed by atoms with Crippen molar-refractivity contribution in [2.75, 3.05) is 13.1 Å². The topological polar surface area (TPSA) is 40.7 Å². The number of aromatic amines is 1. The molecule has 0 aliphatic carbocycles. The summed E-state index contributed by atoms with van der Waals surface area (Å²) in [4.78, 5) is 0. The first kappa shape index (κ1) is 8.75. The van der Waals surface area contributed by atoms with Crippen LogP contribution >= 0.6 is 0 Å². The molecule has 2 N–H and O–H groups in total. The highest BCUT2D eigenvalue weighted by atomic mass is 15.1. The molecule has 3 nitrogen and oxygen atoms in total. The molecule has 0 amide bonds. The molecule has 1 fully saturated rings. The fraction of sp³-hybridized carbons (Fsp3) is 0.700. The van der Waals surface area contributed by atoms with Gasteiger partial charge in [0.2, 0.25) is 0 Å². The van der Waals surface area contributed by atoms with Crippen molar-refractivity contribution >= 4 is 0 Å². The number of nitrogens with one attached hydrogen (secondary N) is 2. The zero-order valence-electron chi connectivity index (χ0n) is 8.30. The van der Waals surface area contributed by atoms with E-state index < -0.39 is 0 Å². The average molecular weight is 179 g/mol. The molecule has 72 valence electrons. The molecule has 1 aliphatic heterocycles. The van der Waals surface area contributed by atoms with Gasteiger partial charge < -0.3 is 5.32 Å². The van der Waals surface area contributed by atoms with Gasteiger partial charge in [-0.2, -0.15) is 5.10 Å². The molecule has 2 heterocycles. The minimum atomic E-state index is 0.527. The Hall–Kier alpha value is -0.830. The maximum atomic E-state index is 4.31. The van der Waals surface area contributed by atoms with Crippen molar-refractivity contribution in [3.63, 3.8) is 0 Å². The Balaban J connectivity index is 2.12. The smallest absolute Gasteiger partial charge is 0.0650 e. The quantitative estimate of drug-likeness (QED) is 0.724. The molecule has 1 atom stereocenters. The van der Waals surface area contributed by atoms with E-state index in [0.717, 1.165) is 13.1 Å². The SMILES string of the molecule is CC(C)c1cc(C2CCNC2)[nH]n1. The summed E-state index contributed by atoms with van der Waals surface area (Å²) < 4.78 is 0. The molecule has 1 aliphatic rings. The Morgan fingerprint density at radius 1 is 1.54 bits per heavy atom. The van der Waals surface area contributed by atoms with Crippen LogP contribution in [-0.4, -0.2) is 23.3 Å². The van der Waals surface area contributed by atoms with E-state index in [2.05, 4.69) is 35.4 Å². The monoisotopic (exact) mass is 179 g/mol. The van der Waals surface area contributed by atoms with E-state index in [4.69, 9.17) is 0 Å². The first-order valence-corrected chi connectivity index (χ1v) is 5.03. The van der Waals surface area contributed by atoms with Gasteiger partial charge in [0.25, 0.3) is 0 Å². The van der Waals surface area contributed by atoms with E-state index >= 15 is 0 Å². The van der Waals surface area contributed by atoms with Crippen molar-refractivity contribution in [2.45, 2.75) is 32.1 Å². The second-order valence-corrected chi connectivity index (χ2v) is 4.09. The fourth-order valence-corrected chi connectivity index (χ4v) is 1.78. The van der Waals surface area contributed by atoms with Crippen molar-refractivity contribution in [1.29, 1.82) is 0 Å². The van der Waals surface area contributed by atoms with Crippen LogP contribution in [0.25, 0.3) is 0 Å². The van der Waals surface area contributed by atoms with Gasteiger partial charge in [-0.05, 0) is 24.9 Å². The maximum absolute atomic E-state index is 4.31. The van der Waals surface area contributed by atoms with Gasteiger partial charge in [0.05, 0.1) is 5.69 Å². The molecule has 13 heavy (non-hydrogen) atoms. The molecule has 0 aromatic carbocycles. The molecule has 1 saturated heterocycles. The average Bonchev–Trinajstić information content (AvgIpc) is 2.75. The van der Waals surface area contributed by atoms with Gasteiger partial charge in [0.15, 0.2) is 0 Å². The summed E-state index contributed by atoms with van der Waals surface area (Å²) in [6, 6.07) is 2.21. The fourth-order valence-electron chi connectivity index (χ4n) is 1.78. The Labute approximate surface area is 78.9 Å². The van der Waals surface area contributed by atoms with Crippen molar-refractivity contribution in [3.8, 4) is 0 Å². The summed E-state index contributed by atoms with van der Waals surface area (Å²) in [5.74, 6) is 1.18. The molecule has 1 aromatic rings. The highest BCUT2D eigenvalue weighted by Crippen LogP contribution is 2.22. The predicted molar refractivity (Wildman–Crippen MR) is 52.9 cm³/mol. The van der Waals surface area contributed by atoms with Crippen molar-refractivity contribution in [3.05, 3.63) is 17.5 Å². The number of aromatic nitrogens is 2. The zero-order chi connectivity index (χ0) is 9.26. The number of nitrogens with zero attached hydrogens (tertiary/aromatic N) is 1. The van der Waals surface area contributed by atoms with Crippen LogP contribution in [0.3, 0.4) is 0 Å². The minimum Gasteiger partial charge on any atom is -0.316 e. The molecule has 0 radical (unpaired) electrons. The Morgan fingerprint density at radius 2 is 2.38 bits per heavy atom. The summed E-state index contributed by atoms with van der Waals surface area (Å²) in [6.07, 6.45) is 1.24. The van der Waals surface area contributed by atoms with Gasteiger partial charge in [0, 0.05) is 18.2 Å². The van der Waals surface area contributed by atoms with Crippen LogP contribution < -0.4 is 5.32 Å². The van der Waals surface area contributed by atoms with Crippen LogP contribution in [-0.2, 0) is 0 Å². The molecular weight excluding hydrogens is 162 g/mol. The first-order valence-electron chi connectivity index (χ1n) is 5.03. The predicted octanol–water partition coefficient (Wildman–Crippen LogP) is 1.61. The van der Waals surface area contributed by atoms with Gasteiger partial charge in [-0.1, -0.05) is 13.8 Å². The van der Waals surface area contributed by atoms with E-state index in [9.17, 15) is 0 Å². The lowest BCUT2D eigenvalue weighted by Gasteiger charge is -2.02. The maximum Gasteiger partial charge on any atom is 0.0650 e. The molecule has 3 heteroatoms. The van der Waals surface area contributed by atoms with Crippen LogP contribution in [0.4, 0.5) is 0 Å². The normalized spacial score (nSPS) is 22.8. The van der Waals surface area contributed by atoms with Crippen LogP contribution in [0, 0.1) is 0 Å². The van der Waals surface area contributed by atoms with E-state index in [1.165, 1.54) is 17.8 Å². The van der Waals surface area contributed by atoms with Crippen LogP contribution in [0.1, 0.15) is 43.5 Å². The largest absolute Gasteiger partial charge is 0.316 e. The van der Waals surface area contributed by atoms with Crippen LogP contribution in [0.15, 0.2) is 6.07 Å². The Bertz CT molecular complexity index is 271. The molecule has 1 unspecified atom stereocenters. The van der Waals surface area contributed by atoms with Crippen LogP contribution in [0.5, 0.6) is 0 Å². The van der Waals surface area contributed by atoms with E-state index in [1.807, 2.05) is 0 Å². The third kappa shape index (κ3) is 1.75. The summed E-state index contributed by atoms with van der Waals surface area (Å²) >= 11 is 0. The van der Waals surface area contributed by atoms with Gasteiger partial charge in [-0.3, -0.25) is 5.10 Å². The first-order chi connectivity index (χ1) is 6.27. The molecule has 1 aromatic heterocycles. The lowest BCUT2D eigenvalue weighted by Crippen LogP contribution is -2.08. The zero-order valence-corrected chi connectivity index (χ0v) is 8.30. The second-order valence-electron chi connectivity index (χ2n) is 4.09. The second kappa shape index (κ2) is 3.50. The molecule has 0 spiro atoms. The molecule has 0 bridgehead atoms. The van der Waals surface area contributed by atoms with Gasteiger partial charge in [-0.15, -0.1) is 0 Å². The summed E-state index contributed by atoms with van der Waals surface area (Å²) in [6.45, 7) is 6.58. The molecular formula is C10H17N3. The highest BCUT2D eigenvalue weighted by molar-refractivity contribution is 5.17. The van der Waals surface area contributed by atoms with Gasteiger partial charge in [-0.25, -0.2) is 0 Å². The third-order valence-corrected chi connectivity index (χ3v) is 2.71. The number of hydrogen-bond acceptors (Lipinski definition) is 2.